The number of aromatic hydroxyl groups is 1. The molecule has 0 radical (unpaired) electrons. The molecule has 5 rings (SSSR count). The van der Waals surface area contributed by atoms with Crippen molar-refractivity contribution >= 4 is 5.91 Å². The van der Waals surface area contributed by atoms with Gasteiger partial charge in [-0.25, -0.2) is 0 Å². The number of hydrogen-bond acceptors (Lipinski definition) is 6. The number of aromatic amines is 1. The van der Waals surface area contributed by atoms with Gasteiger partial charge in [0.2, 0.25) is 0 Å². The largest absolute Gasteiger partial charge is 0.507 e. The summed E-state index contributed by atoms with van der Waals surface area (Å²) in [6.07, 6.45) is 3.45. The zero-order valence-corrected chi connectivity index (χ0v) is 20.0. The first-order valence-corrected chi connectivity index (χ1v) is 11.2. The molecular formula is C27H26N4O4. The standard InChI is InChI=1S/C27H26N4O4/c1-15-10-19(20(32)11-16(15)2)24-23-25(30-29-24)27(33)31(14-17-6-5-9-28-13-17)26(23)18-7-8-21(34-3)22(12-18)35-4/h5-13,26,32H,14H2,1-4H3,(H,29,30)/t26-/m0/s1. The first kappa shape index (κ1) is 22.5. The van der Waals surface area contributed by atoms with Gasteiger partial charge >= 0.3 is 0 Å². The number of carbonyl (C=O) groups excluding carboxylic acids is 1. The molecule has 1 amide bonds. The molecule has 1 atom stereocenters. The Labute approximate surface area is 203 Å². The Morgan fingerprint density at radius 2 is 1.83 bits per heavy atom. The molecule has 8 heteroatoms. The number of phenols is 1. The van der Waals surface area contributed by atoms with Gasteiger partial charge in [0.15, 0.2) is 11.5 Å². The van der Waals surface area contributed by atoms with Gasteiger partial charge in [-0.2, -0.15) is 5.10 Å². The number of pyridine rings is 1. The van der Waals surface area contributed by atoms with Crippen molar-refractivity contribution in [2.75, 3.05) is 14.2 Å². The SMILES string of the molecule is COc1ccc([C@H]2c3c(-c4cc(C)c(C)cc4O)n[nH]c3C(=O)N2Cc2cccnc2)cc1OC. The van der Waals surface area contributed by atoms with E-state index in [1.807, 2.05) is 50.2 Å². The summed E-state index contributed by atoms with van der Waals surface area (Å²) >= 11 is 0. The maximum atomic E-state index is 13.6. The molecular weight excluding hydrogens is 444 g/mol. The van der Waals surface area contributed by atoms with Crippen LogP contribution >= 0.6 is 0 Å². The molecule has 4 aromatic rings. The molecule has 0 aliphatic carbocycles. The summed E-state index contributed by atoms with van der Waals surface area (Å²) in [5.74, 6) is 1.10. The molecule has 0 saturated carbocycles. The van der Waals surface area contributed by atoms with Gasteiger partial charge in [-0.3, -0.25) is 14.9 Å². The Morgan fingerprint density at radius 3 is 2.54 bits per heavy atom. The first-order valence-electron chi connectivity index (χ1n) is 11.2. The van der Waals surface area contributed by atoms with Crippen molar-refractivity contribution in [3.8, 4) is 28.5 Å². The molecule has 0 fully saturated rings. The number of aryl methyl sites for hydroxylation is 2. The number of amides is 1. The predicted molar refractivity (Wildman–Crippen MR) is 131 cm³/mol. The predicted octanol–water partition coefficient (Wildman–Crippen LogP) is 4.56. The number of nitrogens with one attached hydrogen (secondary N) is 1. The fraction of sp³-hybridized carbons (Fsp3) is 0.222. The molecule has 35 heavy (non-hydrogen) atoms. The van der Waals surface area contributed by atoms with E-state index in [1.54, 1.807) is 37.6 Å². The van der Waals surface area contributed by atoms with E-state index in [0.717, 1.165) is 22.3 Å². The van der Waals surface area contributed by atoms with Crippen molar-refractivity contribution in [3.63, 3.8) is 0 Å². The molecule has 3 heterocycles. The van der Waals surface area contributed by atoms with Crippen LogP contribution in [-0.4, -0.2) is 45.3 Å². The molecule has 0 unspecified atom stereocenters. The fourth-order valence-corrected chi connectivity index (χ4v) is 4.61. The summed E-state index contributed by atoms with van der Waals surface area (Å²) in [6.45, 7) is 4.28. The van der Waals surface area contributed by atoms with E-state index in [0.29, 0.717) is 40.6 Å². The van der Waals surface area contributed by atoms with Crippen LogP contribution in [0.1, 0.15) is 44.3 Å². The highest BCUT2D eigenvalue weighted by Crippen LogP contribution is 2.46. The number of hydrogen-bond donors (Lipinski definition) is 2. The minimum absolute atomic E-state index is 0.117. The van der Waals surface area contributed by atoms with Gasteiger partial charge in [-0.15, -0.1) is 0 Å². The fourth-order valence-electron chi connectivity index (χ4n) is 4.61. The van der Waals surface area contributed by atoms with Crippen LogP contribution in [0.25, 0.3) is 11.3 Å². The van der Waals surface area contributed by atoms with Gasteiger partial charge in [-0.05, 0) is 66.4 Å². The minimum atomic E-state index is -0.465. The van der Waals surface area contributed by atoms with Crippen LogP contribution in [0, 0.1) is 13.8 Å². The van der Waals surface area contributed by atoms with E-state index in [4.69, 9.17) is 9.47 Å². The van der Waals surface area contributed by atoms with Gasteiger partial charge < -0.3 is 19.5 Å². The number of phenolic OH excluding ortho intramolecular Hbond substituents is 1. The van der Waals surface area contributed by atoms with E-state index >= 15 is 0 Å². The number of rotatable bonds is 6. The number of carbonyl (C=O) groups is 1. The van der Waals surface area contributed by atoms with Crippen LogP contribution in [0.4, 0.5) is 0 Å². The number of methoxy groups -OCH3 is 2. The average Bonchev–Trinajstić information content (AvgIpc) is 3.40. The Balaban J connectivity index is 1.70. The van der Waals surface area contributed by atoms with Gasteiger partial charge in [0.05, 0.1) is 20.3 Å². The van der Waals surface area contributed by atoms with Crippen molar-refractivity contribution in [1.82, 2.24) is 20.1 Å². The van der Waals surface area contributed by atoms with E-state index in [1.165, 1.54) is 0 Å². The average molecular weight is 471 g/mol. The van der Waals surface area contributed by atoms with E-state index < -0.39 is 6.04 Å². The van der Waals surface area contributed by atoms with Gasteiger partial charge in [-0.1, -0.05) is 12.1 Å². The topological polar surface area (TPSA) is 101 Å². The van der Waals surface area contributed by atoms with Crippen LogP contribution in [0.3, 0.4) is 0 Å². The molecule has 1 aliphatic rings. The van der Waals surface area contributed by atoms with Crippen molar-refractivity contribution < 1.29 is 19.4 Å². The smallest absolute Gasteiger partial charge is 0.273 e. The molecule has 0 bridgehead atoms. The third-order valence-corrected chi connectivity index (χ3v) is 6.53. The summed E-state index contributed by atoms with van der Waals surface area (Å²) in [5, 5.41) is 18.2. The zero-order valence-electron chi connectivity index (χ0n) is 20.0. The second-order valence-corrected chi connectivity index (χ2v) is 8.63. The van der Waals surface area contributed by atoms with Crippen molar-refractivity contribution in [3.05, 3.63) is 88.4 Å². The second kappa shape index (κ2) is 8.79. The normalized spacial score (nSPS) is 14.8. The Morgan fingerprint density at radius 1 is 1.06 bits per heavy atom. The van der Waals surface area contributed by atoms with Crippen molar-refractivity contribution in [1.29, 1.82) is 0 Å². The molecule has 0 spiro atoms. The summed E-state index contributed by atoms with van der Waals surface area (Å²) < 4.78 is 11.0. The Kier molecular flexibility index (Phi) is 5.64. The van der Waals surface area contributed by atoms with Crippen LogP contribution in [0.15, 0.2) is 54.9 Å². The Bertz CT molecular complexity index is 1410. The highest BCUT2D eigenvalue weighted by atomic mass is 16.5. The molecule has 2 N–H and O–H groups in total. The highest BCUT2D eigenvalue weighted by molar-refractivity contribution is 6.00. The molecule has 8 nitrogen and oxygen atoms in total. The monoisotopic (exact) mass is 470 g/mol. The van der Waals surface area contributed by atoms with Crippen LogP contribution in [0.5, 0.6) is 17.2 Å². The Hall–Kier alpha value is -4.33. The minimum Gasteiger partial charge on any atom is -0.507 e. The van der Waals surface area contributed by atoms with Gasteiger partial charge in [0.25, 0.3) is 5.91 Å². The second-order valence-electron chi connectivity index (χ2n) is 8.63. The number of ether oxygens (including phenoxy) is 2. The van der Waals surface area contributed by atoms with E-state index in [2.05, 4.69) is 15.2 Å². The van der Waals surface area contributed by atoms with E-state index in [9.17, 15) is 9.90 Å². The third-order valence-electron chi connectivity index (χ3n) is 6.53. The molecule has 2 aromatic heterocycles. The van der Waals surface area contributed by atoms with Gasteiger partial charge in [0.1, 0.15) is 17.1 Å². The summed E-state index contributed by atoms with van der Waals surface area (Å²) in [6, 6.07) is 12.6. The lowest BCUT2D eigenvalue weighted by Crippen LogP contribution is -2.29. The molecule has 0 saturated heterocycles. The number of aromatic nitrogens is 3. The van der Waals surface area contributed by atoms with E-state index in [-0.39, 0.29) is 11.7 Å². The highest BCUT2D eigenvalue weighted by Gasteiger charge is 2.43. The van der Waals surface area contributed by atoms with Crippen LogP contribution in [0.2, 0.25) is 0 Å². The van der Waals surface area contributed by atoms with Crippen molar-refractivity contribution in [2.45, 2.75) is 26.4 Å². The molecule has 1 aliphatic heterocycles. The number of benzene rings is 2. The van der Waals surface area contributed by atoms with Crippen molar-refractivity contribution in [2.24, 2.45) is 0 Å². The third kappa shape index (κ3) is 3.77. The number of fused-ring (bicyclic) bond motifs is 1. The maximum absolute atomic E-state index is 13.6. The number of H-pyrrole nitrogens is 1. The lowest BCUT2D eigenvalue weighted by Gasteiger charge is -2.27. The first-order chi connectivity index (χ1) is 16.9. The lowest BCUT2D eigenvalue weighted by molar-refractivity contribution is 0.0729. The zero-order chi connectivity index (χ0) is 24.7. The van der Waals surface area contributed by atoms with Crippen LogP contribution in [-0.2, 0) is 6.54 Å². The maximum Gasteiger partial charge on any atom is 0.273 e. The molecule has 178 valence electrons. The lowest BCUT2D eigenvalue weighted by atomic mass is 9.94. The summed E-state index contributed by atoms with van der Waals surface area (Å²) in [4.78, 5) is 19.6. The number of nitrogens with zero attached hydrogens (tertiary/aromatic N) is 3. The summed E-state index contributed by atoms with van der Waals surface area (Å²) in [7, 11) is 3.16. The van der Waals surface area contributed by atoms with Gasteiger partial charge in [0, 0.05) is 30.1 Å². The molecule has 2 aromatic carbocycles. The summed E-state index contributed by atoms with van der Waals surface area (Å²) in [5.41, 5.74) is 5.98. The van der Waals surface area contributed by atoms with Crippen LogP contribution < -0.4 is 9.47 Å². The quantitative estimate of drug-likeness (QED) is 0.429.